The Labute approximate surface area is 201 Å². The first-order valence-corrected chi connectivity index (χ1v) is 11.3. The zero-order chi connectivity index (χ0) is 24.5. The van der Waals surface area contributed by atoms with Gasteiger partial charge >= 0.3 is 6.18 Å². The van der Waals surface area contributed by atoms with Crippen molar-refractivity contribution >= 4 is 23.3 Å². The molecule has 34 heavy (non-hydrogen) atoms. The molecule has 1 aliphatic heterocycles. The van der Waals surface area contributed by atoms with E-state index >= 15 is 0 Å². The molecule has 1 aromatic heterocycles. The molecule has 4 rings (SSSR count). The maximum absolute atomic E-state index is 12.8. The Balaban J connectivity index is 1.48. The van der Waals surface area contributed by atoms with E-state index in [1.807, 2.05) is 38.1 Å². The third-order valence-electron chi connectivity index (χ3n) is 5.92. The second kappa shape index (κ2) is 9.62. The average Bonchev–Trinajstić information content (AvgIpc) is 2.81. The Bertz CT molecular complexity index is 1170. The lowest BCUT2D eigenvalue weighted by Gasteiger charge is -2.36. The van der Waals surface area contributed by atoms with Crippen LogP contribution in [0.4, 0.5) is 19.0 Å². The van der Waals surface area contributed by atoms with Crippen LogP contribution in [-0.4, -0.2) is 47.0 Å². The molecule has 3 aromatic rings. The highest BCUT2D eigenvalue weighted by atomic mass is 35.5. The van der Waals surface area contributed by atoms with Crippen LogP contribution in [0.5, 0.6) is 0 Å². The zero-order valence-electron chi connectivity index (χ0n) is 18.9. The average molecular weight is 489 g/mol. The Morgan fingerprint density at radius 1 is 0.941 bits per heavy atom. The predicted molar refractivity (Wildman–Crippen MR) is 125 cm³/mol. The van der Waals surface area contributed by atoms with Crippen molar-refractivity contribution in [3.63, 3.8) is 0 Å². The summed E-state index contributed by atoms with van der Waals surface area (Å²) in [4.78, 5) is 25.9. The van der Waals surface area contributed by atoms with Crippen LogP contribution in [0.15, 0.2) is 48.5 Å². The van der Waals surface area contributed by atoms with E-state index in [1.165, 1.54) is 12.1 Å². The van der Waals surface area contributed by atoms with E-state index in [2.05, 4.69) is 9.88 Å². The van der Waals surface area contributed by atoms with Crippen molar-refractivity contribution in [1.29, 1.82) is 0 Å². The second-order valence-electron chi connectivity index (χ2n) is 8.32. The van der Waals surface area contributed by atoms with Gasteiger partial charge in [0.2, 0.25) is 0 Å². The molecular weight excluding hydrogens is 465 g/mol. The van der Waals surface area contributed by atoms with Crippen LogP contribution in [0, 0.1) is 13.8 Å². The number of amides is 1. The summed E-state index contributed by atoms with van der Waals surface area (Å²) >= 11 is 6.02. The number of rotatable bonds is 4. The van der Waals surface area contributed by atoms with Gasteiger partial charge in [-0.25, -0.2) is 9.97 Å². The van der Waals surface area contributed by atoms with Gasteiger partial charge in [-0.1, -0.05) is 23.7 Å². The number of benzene rings is 2. The third kappa shape index (κ3) is 5.33. The molecule has 0 unspecified atom stereocenters. The topological polar surface area (TPSA) is 49.3 Å². The van der Waals surface area contributed by atoms with E-state index in [0.717, 1.165) is 34.8 Å². The van der Waals surface area contributed by atoms with E-state index < -0.39 is 11.7 Å². The SMILES string of the molecule is Cc1nc(C)c(Cc2ccc(Cl)cc2)c(N2CCN(C(=O)c3ccc(C(F)(F)F)cc3)CC2)n1. The predicted octanol–water partition coefficient (Wildman–Crippen LogP) is 5.32. The van der Waals surface area contributed by atoms with Gasteiger partial charge in [-0.15, -0.1) is 0 Å². The summed E-state index contributed by atoms with van der Waals surface area (Å²) in [5, 5.41) is 0.676. The van der Waals surface area contributed by atoms with Gasteiger partial charge in [0.1, 0.15) is 11.6 Å². The molecule has 1 fully saturated rings. The number of anilines is 1. The summed E-state index contributed by atoms with van der Waals surface area (Å²) in [6.07, 6.45) is -3.77. The number of aryl methyl sites for hydroxylation is 2. The minimum absolute atomic E-state index is 0.249. The fourth-order valence-corrected chi connectivity index (χ4v) is 4.22. The van der Waals surface area contributed by atoms with Gasteiger partial charge in [0.15, 0.2) is 0 Å². The van der Waals surface area contributed by atoms with E-state index in [9.17, 15) is 18.0 Å². The van der Waals surface area contributed by atoms with Gasteiger partial charge in [0.25, 0.3) is 5.91 Å². The second-order valence-corrected chi connectivity index (χ2v) is 8.75. The van der Waals surface area contributed by atoms with Crippen molar-refractivity contribution in [1.82, 2.24) is 14.9 Å². The Morgan fingerprint density at radius 3 is 2.15 bits per heavy atom. The Hall–Kier alpha value is -3.13. The summed E-state index contributed by atoms with van der Waals surface area (Å²) < 4.78 is 38.4. The van der Waals surface area contributed by atoms with Gasteiger partial charge in [-0.2, -0.15) is 13.2 Å². The van der Waals surface area contributed by atoms with E-state index in [4.69, 9.17) is 16.6 Å². The third-order valence-corrected chi connectivity index (χ3v) is 6.18. The minimum Gasteiger partial charge on any atom is -0.353 e. The summed E-state index contributed by atoms with van der Waals surface area (Å²) in [5.74, 6) is 1.25. The first-order chi connectivity index (χ1) is 16.1. The molecule has 0 atom stereocenters. The van der Waals surface area contributed by atoms with Crippen molar-refractivity contribution < 1.29 is 18.0 Å². The van der Waals surface area contributed by atoms with Gasteiger partial charge in [-0.05, 0) is 55.8 Å². The number of halogens is 4. The number of alkyl halides is 3. The summed E-state index contributed by atoms with van der Waals surface area (Å²) in [5.41, 5.74) is 2.50. The molecule has 0 aliphatic carbocycles. The smallest absolute Gasteiger partial charge is 0.353 e. The molecule has 1 amide bonds. The monoisotopic (exact) mass is 488 g/mol. The Morgan fingerprint density at radius 2 is 1.56 bits per heavy atom. The summed E-state index contributed by atoms with van der Waals surface area (Å²) in [6, 6.07) is 12.0. The molecule has 2 heterocycles. The number of nitrogens with zero attached hydrogens (tertiary/aromatic N) is 4. The van der Waals surface area contributed by atoms with Crippen molar-refractivity contribution in [3.05, 3.63) is 87.3 Å². The molecular formula is C25H24ClF3N4O. The normalized spacial score (nSPS) is 14.4. The molecule has 0 bridgehead atoms. The summed E-state index contributed by atoms with van der Waals surface area (Å²) in [6.45, 7) is 5.84. The van der Waals surface area contributed by atoms with Gasteiger partial charge in [0.05, 0.1) is 5.56 Å². The molecule has 1 saturated heterocycles. The Kier molecular flexibility index (Phi) is 6.79. The molecule has 0 spiro atoms. The first-order valence-electron chi connectivity index (χ1n) is 10.9. The standard InChI is InChI=1S/C25H24ClF3N4O/c1-16-22(15-18-3-9-21(26)10-4-18)23(31-17(2)30-16)32-11-13-33(14-12-32)24(34)19-5-7-20(8-6-19)25(27,28)29/h3-10H,11-15H2,1-2H3. The van der Waals surface area contributed by atoms with E-state index in [-0.39, 0.29) is 11.5 Å². The molecule has 0 saturated carbocycles. The molecule has 1 aliphatic rings. The quantitative estimate of drug-likeness (QED) is 0.499. The molecule has 0 N–H and O–H groups in total. The van der Waals surface area contributed by atoms with E-state index in [0.29, 0.717) is 43.4 Å². The fraction of sp³-hybridized carbons (Fsp3) is 0.320. The lowest BCUT2D eigenvalue weighted by Crippen LogP contribution is -2.49. The van der Waals surface area contributed by atoms with Crippen LogP contribution >= 0.6 is 11.6 Å². The van der Waals surface area contributed by atoms with Gasteiger partial charge in [-0.3, -0.25) is 4.79 Å². The van der Waals surface area contributed by atoms with Crippen LogP contribution in [-0.2, 0) is 12.6 Å². The molecule has 2 aromatic carbocycles. The number of hydrogen-bond acceptors (Lipinski definition) is 4. The zero-order valence-corrected chi connectivity index (χ0v) is 19.6. The van der Waals surface area contributed by atoms with E-state index in [1.54, 1.807) is 4.90 Å². The fourth-order valence-electron chi connectivity index (χ4n) is 4.10. The highest BCUT2D eigenvalue weighted by molar-refractivity contribution is 6.30. The number of carbonyl (C=O) groups is 1. The number of piperazine rings is 1. The lowest BCUT2D eigenvalue weighted by atomic mass is 10.0. The van der Waals surface area contributed by atoms with Crippen LogP contribution in [0.2, 0.25) is 5.02 Å². The van der Waals surface area contributed by atoms with Gasteiger partial charge in [0, 0.05) is 54.4 Å². The van der Waals surface area contributed by atoms with Crippen molar-refractivity contribution in [2.45, 2.75) is 26.4 Å². The maximum Gasteiger partial charge on any atom is 0.416 e. The number of carbonyl (C=O) groups excluding carboxylic acids is 1. The van der Waals surface area contributed by atoms with Crippen LogP contribution in [0.25, 0.3) is 0 Å². The molecule has 0 radical (unpaired) electrons. The van der Waals surface area contributed by atoms with Crippen molar-refractivity contribution in [2.75, 3.05) is 31.1 Å². The molecule has 5 nitrogen and oxygen atoms in total. The number of aromatic nitrogens is 2. The largest absolute Gasteiger partial charge is 0.416 e. The maximum atomic E-state index is 12.8. The highest BCUT2D eigenvalue weighted by Crippen LogP contribution is 2.30. The minimum atomic E-state index is -4.43. The first kappa shape index (κ1) is 24.0. The highest BCUT2D eigenvalue weighted by Gasteiger charge is 2.31. The van der Waals surface area contributed by atoms with Crippen LogP contribution in [0.1, 0.15) is 38.6 Å². The molecule has 9 heteroatoms. The van der Waals surface area contributed by atoms with Crippen LogP contribution in [0.3, 0.4) is 0 Å². The summed E-state index contributed by atoms with van der Waals surface area (Å²) in [7, 11) is 0. The molecule has 178 valence electrons. The number of hydrogen-bond donors (Lipinski definition) is 0. The van der Waals surface area contributed by atoms with Gasteiger partial charge < -0.3 is 9.80 Å². The van der Waals surface area contributed by atoms with Crippen molar-refractivity contribution in [2.24, 2.45) is 0 Å². The van der Waals surface area contributed by atoms with Crippen molar-refractivity contribution in [3.8, 4) is 0 Å². The van der Waals surface area contributed by atoms with Crippen LogP contribution < -0.4 is 4.90 Å². The lowest BCUT2D eigenvalue weighted by molar-refractivity contribution is -0.137.